The average molecular weight is 355 g/mol. The van der Waals surface area contributed by atoms with Crippen LogP contribution in [0.25, 0.3) is 0 Å². The van der Waals surface area contributed by atoms with Gasteiger partial charge < -0.3 is 15.1 Å². The summed E-state index contributed by atoms with van der Waals surface area (Å²) in [6, 6.07) is 9.90. The lowest BCUT2D eigenvalue weighted by Crippen LogP contribution is -2.48. The van der Waals surface area contributed by atoms with Gasteiger partial charge in [-0.05, 0) is 49.8 Å². The minimum atomic E-state index is -0.144. The van der Waals surface area contributed by atoms with Crippen molar-refractivity contribution in [2.24, 2.45) is 17.8 Å². The Hall–Kier alpha value is -1.88. The molecule has 0 radical (unpaired) electrons. The summed E-state index contributed by atoms with van der Waals surface area (Å²) in [7, 11) is 1.85. The molecular weight excluding hydrogens is 326 g/mol. The number of amides is 2. The van der Waals surface area contributed by atoms with E-state index < -0.39 is 0 Å². The number of carbonyl (C=O) groups is 2. The van der Waals surface area contributed by atoms with E-state index in [1.165, 1.54) is 0 Å². The molecule has 2 amide bonds. The Bertz CT molecular complexity index is 648. The van der Waals surface area contributed by atoms with E-state index in [2.05, 4.69) is 10.2 Å². The largest absolute Gasteiger partial charge is 0.342 e. The van der Waals surface area contributed by atoms with E-state index in [1.807, 2.05) is 37.4 Å². The van der Waals surface area contributed by atoms with Crippen LogP contribution in [0.4, 0.5) is 0 Å². The van der Waals surface area contributed by atoms with Crippen molar-refractivity contribution in [2.75, 3.05) is 33.2 Å². The van der Waals surface area contributed by atoms with Gasteiger partial charge in [-0.15, -0.1) is 0 Å². The van der Waals surface area contributed by atoms with Crippen LogP contribution in [0.5, 0.6) is 0 Å². The summed E-state index contributed by atoms with van der Waals surface area (Å²) in [5, 5.41) is 3.49. The molecule has 5 nitrogen and oxygen atoms in total. The summed E-state index contributed by atoms with van der Waals surface area (Å²) in [5.41, 5.74) is 1.07. The number of nitrogens with zero attached hydrogens (tertiary/aromatic N) is 2. The minimum Gasteiger partial charge on any atom is -0.342 e. The summed E-state index contributed by atoms with van der Waals surface area (Å²) < 4.78 is 0. The summed E-state index contributed by atoms with van der Waals surface area (Å²) in [6.07, 6.45) is 3.33. The normalized spacial score (nSPS) is 32.3. The second kappa shape index (κ2) is 7.39. The number of likely N-dealkylation sites (tertiary alicyclic amines) is 2. The Morgan fingerprint density at radius 1 is 1.04 bits per heavy atom. The Morgan fingerprint density at radius 2 is 1.69 bits per heavy atom. The Labute approximate surface area is 155 Å². The first-order valence-corrected chi connectivity index (χ1v) is 9.95. The highest BCUT2D eigenvalue weighted by molar-refractivity contribution is 5.85. The van der Waals surface area contributed by atoms with Gasteiger partial charge in [0.05, 0.1) is 12.0 Å². The summed E-state index contributed by atoms with van der Waals surface area (Å²) in [5.74, 6) is 1.68. The number of fused-ring (bicyclic) bond motifs is 1. The summed E-state index contributed by atoms with van der Waals surface area (Å²) in [4.78, 5) is 29.6. The van der Waals surface area contributed by atoms with Gasteiger partial charge in [-0.3, -0.25) is 9.59 Å². The summed E-state index contributed by atoms with van der Waals surface area (Å²) in [6.45, 7) is 3.91. The fourth-order valence-electron chi connectivity index (χ4n) is 5.08. The van der Waals surface area contributed by atoms with E-state index in [0.29, 0.717) is 24.7 Å². The molecule has 1 aromatic carbocycles. The van der Waals surface area contributed by atoms with E-state index in [-0.39, 0.29) is 23.8 Å². The summed E-state index contributed by atoms with van der Waals surface area (Å²) >= 11 is 0. The third-order valence-electron chi connectivity index (χ3n) is 6.65. The van der Waals surface area contributed by atoms with Crippen LogP contribution in [-0.2, 0) is 9.59 Å². The monoisotopic (exact) mass is 355 g/mol. The molecule has 3 aliphatic rings. The highest BCUT2D eigenvalue weighted by Gasteiger charge is 2.41. The highest BCUT2D eigenvalue weighted by Crippen LogP contribution is 2.37. The number of carbonyl (C=O) groups excluding carboxylic acids is 2. The molecular formula is C21H29N3O2. The van der Waals surface area contributed by atoms with Gasteiger partial charge in [-0.2, -0.15) is 0 Å². The smallest absolute Gasteiger partial charge is 0.228 e. The van der Waals surface area contributed by atoms with Crippen LogP contribution in [0, 0.1) is 17.8 Å². The van der Waals surface area contributed by atoms with Crippen LogP contribution in [0.3, 0.4) is 0 Å². The molecule has 3 fully saturated rings. The van der Waals surface area contributed by atoms with Crippen LogP contribution in [0.15, 0.2) is 30.3 Å². The SMILES string of the molecule is CN1C(=O)CCC(C(=O)N2CC[C@@H]3CNC[C@@H]3CC2)C1c1ccccc1. The molecule has 4 rings (SSSR count). The van der Waals surface area contributed by atoms with Crippen molar-refractivity contribution in [1.82, 2.24) is 15.1 Å². The maximum Gasteiger partial charge on any atom is 0.228 e. The van der Waals surface area contributed by atoms with E-state index in [0.717, 1.165) is 44.6 Å². The molecule has 1 aromatic rings. The Kier molecular flexibility index (Phi) is 4.98. The zero-order chi connectivity index (χ0) is 18.1. The van der Waals surface area contributed by atoms with Crippen LogP contribution in [0.1, 0.15) is 37.3 Å². The zero-order valence-corrected chi connectivity index (χ0v) is 15.6. The first-order chi connectivity index (χ1) is 12.6. The van der Waals surface area contributed by atoms with E-state index in [9.17, 15) is 9.59 Å². The van der Waals surface area contributed by atoms with E-state index in [4.69, 9.17) is 0 Å². The molecule has 0 spiro atoms. The number of benzene rings is 1. The molecule has 0 aromatic heterocycles. The van der Waals surface area contributed by atoms with Crippen LogP contribution < -0.4 is 5.32 Å². The Morgan fingerprint density at radius 3 is 2.35 bits per heavy atom. The van der Waals surface area contributed by atoms with Gasteiger partial charge in [0, 0.05) is 26.6 Å². The number of nitrogens with one attached hydrogen (secondary N) is 1. The third kappa shape index (κ3) is 3.25. The molecule has 1 N–H and O–H groups in total. The molecule has 3 aliphatic heterocycles. The molecule has 0 aliphatic carbocycles. The van der Waals surface area contributed by atoms with Crippen molar-refractivity contribution in [3.63, 3.8) is 0 Å². The van der Waals surface area contributed by atoms with Crippen molar-refractivity contribution in [3.05, 3.63) is 35.9 Å². The molecule has 3 saturated heterocycles. The number of piperidine rings is 1. The molecule has 140 valence electrons. The number of rotatable bonds is 2. The molecule has 0 bridgehead atoms. The van der Waals surface area contributed by atoms with Gasteiger partial charge in [-0.25, -0.2) is 0 Å². The predicted octanol–water partition coefficient (Wildman–Crippen LogP) is 2.05. The van der Waals surface area contributed by atoms with E-state index in [1.54, 1.807) is 4.90 Å². The molecule has 0 saturated carbocycles. The maximum absolute atomic E-state index is 13.4. The molecule has 4 atom stereocenters. The predicted molar refractivity (Wildman–Crippen MR) is 100 cm³/mol. The van der Waals surface area contributed by atoms with Crippen molar-refractivity contribution < 1.29 is 9.59 Å². The van der Waals surface area contributed by atoms with Crippen molar-refractivity contribution >= 4 is 11.8 Å². The third-order valence-corrected chi connectivity index (χ3v) is 6.65. The van der Waals surface area contributed by atoms with Crippen LogP contribution in [0.2, 0.25) is 0 Å². The molecule has 26 heavy (non-hydrogen) atoms. The lowest BCUT2D eigenvalue weighted by Gasteiger charge is -2.40. The van der Waals surface area contributed by atoms with E-state index >= 15 is 0 Å². The number of hydrogen-bond donors (Lipinski definition) is 1. The average Bonchev–Trinajstić information content (AvgIpc) is 3.02. The maximum atomic E-state index is 13.4. The zero-order valence-electron chi connectivity index (χ0n) is 15.6. The van der Waals surface area contributed by atoms with Crippen molar-refractivity contribution in [3.8, 4) is 0 Å². The highest BCUT2D eigenvalue weighted by atomic mass is 16.2. The minimum absolute atomic E-state index is 0.129. The molecule has 2 unspecified atom stereocenters. The van der Waals surface area contributed by atoms with Gasteiger partial charge in [-0.1, -0.05) is 30.3 Å². The standard InChI is InChI=1S/C21H29N3O2/c1-23-19(25)8-7-18(20(23)15-5-3-2-4-6-15)21(26)24-11-9-16-13-22-14-17(16)10-12-24/h2-6,16-18,20,22H,7-14H2,1H3/t16-,17+,18?,20?. The van der Waals surface area contributed by atoms with Gasteiger partial charge in [0.15, 0.2) is 0 Å². The quantitative estimate of drug-likeness (QED) is 0.883. The first kappa shape index (κ1) is 17.5. The fourth-order valence-corrected chi connectivity index (χ4v) is 5.08. The van der Waals surface area contributed by atoms with Gasteiger partial charge in [0.25, 0.3) is 0 Å². The lowest BCUT2D eigenvalue weighted by molar-refractivity contribution is -0.146. The van der Waals surface area contributed by atoms with Crippen LogP contribution in [-0.4, -0.2) is 54.8 Å². The Balaban J connectivity index is 1.54. The molecule has 5 heteroatoms. The topological polar surface area (TPSA) is 52.7 Å². The first-order valence-electron chi connectivity index (χ1n) is 9.95. The van der Waals surface area contributed by atoms with Crippen molar-refractivity contribution in [1.29, 1.82) is 0 Å². The van der Waals surface area contributed by atoms with Gasteiger partial charge in [0.1, 0.15) is 0 Å². The second-order valence-corrected chi connectivity index (χ2v) is 8.09. The molecule has 3 heterocycles. The van der Waals surface area contributed by atoms with Gasteiger partial charge in [0.2, 0.25) is 11.8 Å². The van der Waals surface area contributed by atoms with Gasteiger partial charge >= 0.3 is 0 Å². The van der Waals surface area contributed by atoms with Crippen molar-refractivity contribution in [2.45, 2.75) is 31.7 Å². The van der Waals surface area contributed by atoms with Crippen LogP contribution >= 0.6 is 0 Å². The fraction of sp³-hybridized carbons (Fsp3) is 0.619. The second-order valence-electron chi connectivity index (χ2n) is 8.09. The number of hydrogen-bond acceptors (Lipinski definition) is 3. The lowest BCUT2D eigenvalue weighted by atomic mass is 9.83.